The van der Waals surface area contributed by atoms with E-state index in [2.05, 4.69) is 4.98 Å². The number of amides is 1. The number of fused-ring (bicyclic) bond motifs is 1. The van der Waals surface area contributed by atoms with Gasteiger partial charge in [0.25, 0.3) is 11.5 Å². The van der Waals surface area contributed by atoms with E-state index in [-0.39, 0.29) is 36.6 Å². The summed E-state index contributed by atoms with van der Waals surface area (Å²) in [6, 6.07) is 7.64. The molecule has 1 fully saturated rings. The molecule has 10 heteroatoms. The summed E-state index contributed by atoms with van der Waals surface area (Å²) >= 11 is 0. The lowest BCUT2D eigenvalue weighted by atomic mass is 10.2. The SMILES string of the molecule is O=C(c1ccc[nH]c1=O)N1CCN(S(=O)(=O)c2ccc3c(c2)OCCCO3)CC1. The Morgan fingerprint density at radius 2 is 1.72 bits per heavy atom. The highest BCUT2D eigenvalue weighted by Crippen LogP contribution is 2.33. The highest BCUT2D eigenvalue weighted by molar-refractivity contribution is 7.89. The first-order chi connectivity index (χ1) is 14.0. The van der Waals surface area contributed by atoms with E-state index in [0.29, 0.717) is 24.7 Å². The van der Waals surface area contributed by atoms with E-state index in [9.17, 15) is 18.0 Å². The zero-order chi connectivity index (χ0) is 20.4. The topological polar surface area (TPSA) is 109 Å². The second-order valence-electron chi connectivity index (χ2n) is 6.77. The Kier molecular flexibility index (Phi) is 5.29. The van der Waals surface area contributed by atoms with Gasteiger partial charge in [0, 0.05) is 44.9 Å². The molecule has 0 saturated carbocycles. The number of piperazine rings is 1. The van der Waals surface area contributed by atoms with Gasteiger partial charge < -0.3 is 19.4 Å². The molecule has 0 spiro atoms. The minimum absolute atomic E-state index is 0.0479. The number of nitrogens with one attached hydrogen (secondary N) is 1. The molecule has 0 aliphatic carbocycles. The molecular weight excluding hydrogens is 398 g/mol. The maximum absolute atomic E-state index is 13.0. The summed E-state index contributed by atoms with van der Waals surface area (Å²) in [6.45, 7) is 1.70. The number of nitrogens with zero attached hydrogens (tertiary/aromatic N) is 2. The normalized spacial score (nSPS) is 17.6. The van der Waals surface area contributed by atoms with Gasteiger partial charge in [0.2, 0.25) is 10.0 Å². The summed E-state index contributed by atoms with van der Waals surface area (Å²) in [4.78, 5) is 28.5. The number of carbonyl (C=O) groups is 1. The largest absolute Gasteiger partial charge is 0.490 e. The minimum atomic E-state index is -3.74. The van der Waals surface area contributed by atoms with Crippen LogP contribution in [0, 0.1) is 0 Å². The second-order valence-corrected chi connectivity index (χ2v) is 8.71. The van der Waals surface area contributed by atoms with E-state index in [1.165, 1.54) is 33.6 Å². The maximum Gasteiger partial charge on any atom is 0.260 e. The Morgan fingerprint density at radius 1 is 1.00 bits per heavy atom. The van der Waals surface area contributed by atoms with Gasteiger partial charge in [0.05, 0.1) is 18.1 Å². The smallest absolute Gasteiger partial charge is 0.260 e. The Bertz CT molecular complexity index is 1070. The van der Waals surface area contributed by atoms with Gasteiger partial charge in [-0.05, 0) is 24.3 Å². The highest BCUT2D eigenvalue weighted by atomic mass is 32.2. The molecule has 3 heterocycles. The van der Waals surface area contributed by atoms with E-state index < -0.39 is 21.5 Å². The van der Waals surface area contributed by atoms with Crippen molar-refractivity contribution < 1.29 is 22.7 Å². The fourth-order valence-electron chi connectivity index (χ4n) is 3.35. The predicted molar refractivity (Wildman–Crippen MR) is 104 cm³/mol. The summed E-state index contributed by atoms with van der Waals surface area (Å²) in [5.41, 5.74) is -0.411. The van der Waals surface area contributed by atoms with E-state index >= 15 is 0 Å². The average Bonchev–Trinajstić information content (AvgIpc) is 2.98. The molecule has 0 atom stereocenters. The first-order valence-electron chi connectivity index (χ1n) is 9.33. The molecule has 2 aliphatic heterocycles. The van der Waals surface area contributed by atoms with Crippen LogP contribution in [0.2, 0.25) is 0 Å². The van der Waals surface area contributed by atoms with Gasteiger partial charge in [0.15, 0.2) is 11.5 Å². The van der Waals surface area contributed by atoms with Gasteiger partial charge in [-0.1, -0.05) is 0 Å². The summed E-state index contributed by atoms with van der Waals surface area (Å²) in [6.07, 6.45) is 2.19. The first-order valence-corrected chi connectivity index (χ1v) is 10.8. The zero-order valence-electron chi connectivity index (χ0n) is 15.7. The number of H-pyrrole nitrogens is 1. The number of aromatic amines is 1. The van der Waals surface area contributed by atoms with Crippen molar-refractivity contribution in [1.82, 2.24) is 14.2 Å². The lowest BCUT2D eigenvalue weighted by molar-refractivity contribution is 0.0696. The molecule has 1 amide bonds. The molecule has 29 heavy (non-hydrogen) atoms. The molecule has 1 aromatic carbocycles. The number of benzene rings is 1. The lowest BCUT2D eigenvalue weighted by Gasteiger charge is -2.34. The molecule has 0 unspecified atom stereocenters. The third-order valence-corrected chi connectivity index (χ3v) is 6.83. The predicted octanol–water partition coefficient (Wildman–Crippen LogP) is 0.683. The van der Waals surface area contributed by atoms with E-state index in [1.54, 1.807) is 12.1 Å². The van der Waals surface area contributed by atoms with Crippen LogP contribution in [0.25, 0.3) is 0 Å². The summed E-state index contributed by atoms with van der Waals surface area (Å²) in [5, 5.41) is 0. The molecule has 0 bridgehead atoms. The van der Waals surface area contributed by atoms with Gasteiger partial charge in [-0.3, -0.25) is 9.59 Å². The van der Waals surface area contributed by atoms with Crippen LogP contribution < -0.4 is 15.0 Å². The third-order valence-electron chi connectivity index (χ3n) is 4.93. The molecule has 1 aromatic heterocycles. The molecule has 4 rings (SSSR count). The molecule has 154 valence electrons. The van der Waals surface area contributed by atoms with Crippen LogP contribution >= 0.6 is 0 Å². The van der Waals surface area contributed by atoms with Gasteiger partial charge in [-0.2, -0.15) is 4.31 Å². The molecule has 9 nitrogen and oxygen atoms in total. The maximum atomic E-state index is 13.0. The fraction of sp³-hybridized carbons (Fsp3) is 0.368. The zero-order valence-corrected chi connectivity index (χ0v) is 16.5. The van der Waals surface area contributed by atoms with Gasteiger partial charge >= 0.3 is 0 Å². The Morgan fingerprint density at radius 3 is 2.45 bits per heavy atom. The highest BCUT2D eigenvalue weighted by Gasteiger charge is 2.31. The molecular formula is C19H21N3O6S. The van der Waals surface area contributed by atoms with Crippen molar-refractivity contribution in [2.45, 2.75) is 11.3 Å². The minimum Gasteiger partial charge on any atom is -0.490 e. The molecule has 0 radical (unpaired) electrons. The van der Waals surface area contributed by atoms with Crippen molar-refractivity contribution in [1.29, 1.82) is 0 Å². The quantitative estimate of drug-likeness (QED) is 0.784. The summed E-state index contributed by atoms with van der Waals surface area (Å²) in [5.74, 6) is 0.546. The van der Waals surface area contributed by atoms with Gasteiger partial charge in [0.1, 0.15) is 5.56 Å². The van der Waals surface area contributed by atoms with Crippen LogP contribution in [0.4, 0.5) is 0 Å². The van der Waals surface area contributed by atoms with Crippen LogP contribution in [0.5, 0.6) is 11.5 Å². The van der Waals surface area contributed by atoms with E-state index in [1.807, 2.05) is 0 Å². The van der Waals surface area contributed by atoms with Crippen molar-refractivity contribution in [3.8, 4) is 11.5 Å². The van der Waals surface area contributed by atoms with Crippen molar-refractivity contribution in [2.75, 3.05) is 39.4 Å². The number of hydrogen-bond acceptors (Lipinski definition) is 6. The number of carbonyl (C=O) groups excluding carboxylic acids is 1. The van der Waals surface area contributed by atoms with Gasteiger partial charge in [-0.25, -0.2) is 8.42 Å². The Labute approximate surface area is 167 Å². The van der Waals surface area contributed by atoms with Crippen LogP contribution in [-0.2, 0) is 10.0 Å². The summed E-state index contributed by atoms with van der Waals surface area (Å²) < 4.78 is 38.5. The Balaban J connectivity index is 1.48. The van der Waals surface area contributed by atoms with Gasteiger partial charge in [-0.15, -0.1) is 0 Å². The van der Waals surface area contributed by atoms with Crippen molar-refractivity contribution >= 4 is 15.9 Å². The van der Waals surface area contributed by atoms with Crippen molar-refractivity contribution in [2.24, 2.45) is 0 Å². The number of hydrogen-bond donors (Lipinski definition) is 1. The molecule has 2 aliphatic rings. The number of ether oxygens (including phenoxy) is 2. The van der Waals surface area contributed by atoms with E-state index in [0.717, 1.165) is 6.42 Å². The lowest BCUT2D eigenvalue weighted by Crippen LogP contribution is -2.51. The average molecular weight is 419 g/mol. The Hall–Kier alpha value is -2.85. The van der Waals surface area contributed by atoms with Crippen LogP contribution in [0.15, 0.2) is 46.2 Å². The third kappa shape index (κ3) is 3.85. The number of pyridine rings is 1. The molecule has 1 saturated heterocycles. The number of sulfonamides is 1. The van der Waals surface area contributed by atoms with Crippen LogP contribution in [0.3, 0.4) is 0 Å². The standard InChI is InChI=1S/C19H21N3O6S/c23-18-15(3-1-6-20-18)19(24)21-7-9-22(10-8-21)29(25,26)14-4-5-16-17(13-14)28-12-2-11-27-16/h1,3-6,13H,2,7-12H2,(H,20,23). The van der Waals surface area contributed by atoms with Crippen LogP contribution in [0.1, 0.15) is 16.8 Å². The fourth-order valence-corrected chi connectivity index (χ4v) is 4.78. The monoisotopic (exact) mass is 419 g/mol. The van der Waals surface area contributed by atoms with E-state index in [4.69, 9.17) is 9.47 Å². The molecule has 1 N–H and O–H groups in total. The number of aromatic nitrogens is 1. The second kappa shape index (κ2) is 7.88. The summed E-state index contributed by atoms with van der Waals surface area (Å²) in [7, 11) is -3.74. The van der Waals surface area contributed by atoms with Crippen molar-refractivity contribution in [3.63, 3.8) is 0 Å². The number of rotatable bonds is 3. The molecule has 2 aromatic rings. The van der Waals surface area contributed by atoms with Crippen molar-refractivity contribution in [3.05, 3.63) is 52.4 Å². The first kappa shape index (κ1) is 19.5. The van der Waals surface area contributed by atoms with Crippen LogP contribution in [-0.4, -0.2) is 67.9 Å².